The highest BCUT2D eigenvalue weighted by Gasteiger charge is 2.31. The van der Waals surface area contributed by atoms with Crippen LogP contribution in [-0.2, 0) is 9.53 Å². The van der Waals surface area contributed by atoms with Crippen LogP contribution in [0.1, 0.15) is 28.6 Å². The van der Waals surface area contributed by atoms with E-state index in [2.05, 4.69) is 15.9 Å². The molecule has 4 aromatic rings. The van der Waals surface area contributed by atoms with E-state index >= 15 is 0 Å². The predicted octanol–water partition coefficient (Wildman–Crippen LogP) is 7.36. The zero-order chi connectivity index (χ0) is 25.1. The number of hydrogen-bond acceptors (Lipinski definition) is 4. The second kappa shape index (κ2) is 10.2. The number of carbonyl (C=O) groups excluding carboxylic acids is 2. The van der Waals surface area contributed by atoms with Gasteiger partial charge in [-0.05, 0) is 67.1 Å². The van der Waals surface area contributed by atoms with Crippen molar-refractivity contribution in [2.45, 2.75) is 6.92 Å². The average Bonchev–Trinajstić information content (AvgIpc) is 3.50. The Kier molecular flexibility index (Phi) is 6.69. The lowest BCUT2D eigenvalue weighted by Crippen LogP contribution is -2.25. The van der Waals surface area contributed by atoms with Crippen LogP contribution in [0, 0.1) is 0 Å². The lowest BCUT2D eigenvalue weighted by molar-refractivity contribution is -0.113. The highest BCUT2D eigenvalue weighted by atomic mass is 79.9. The van der Waals surface area contributed by atoms with Crippen LogP contribution in [0.4, 0.5) is 5.69 Å². The first-order valence-electron chi connectivity index (χ1n) is 11.5. The summed E-state index contributed by atoms with van der Waals surface area (Å²) in [6, 6.07) is 28.1. The van der Waals surface area contributed by atoms with E-state index in [1.807, 2.05) is 72.8 Å². The van der Waals surface area contributed by atoms with Crippen molar-refractivity contribution in [1.82, 2.24) is 0 Å². The number of anilines is 1. The molecule has 1 aliphatic heterocycles. The van der Waals surface area contributed by atoms with E-state index in [1.54, 1.807) is 42.2 Å². The summed E-state index contributed by atoms with van der Waals surface area (Å²) < 4.78 is 12.2. The van der Waals surface area contributed by atoms with Crippen LogP contribution in [0.3, 0.4) is 0 Å². The summed E-state index contributed by atoms with van der Waals surface area (Å²) in [4.78, 5) is 27.6. The average molecular weight is 540 g/mol. The number of rotatable bonds is 6. The van der Waals surface area contributed by atoms with Gasteiger partial charge in [-0.2, -0.15) is 0 Å². The zero-order valence-electron chi connectivity index (χ0n) is 19.5. The summed E-state index contributed by atoms with van der Waals surface area (Å²) in [6.07, 6.45) is 3.58. The van der Waals surface area contributed by atoms with Gasteiger partial charge in [0.1, 0.15) is 11.5 Å². The first-order chi connectivity index (χ1) is 17.5. The van der Waals surface area contributed by atoms with E-state index < -0.39 is 5.97 Å². The number of esters is 1. The lowest BCUT2D eigenvalue weighted by Gasteiger charge is -2.21. The summed E-state index contributed by atoms with van der Waals surface area (Å²) in [5.41, 5.74) is 3.99. The minimum atomic E-state index is -0.428. The fourth-order valence-corrected chi connectivity index (χ4v) is 4.30. The quantitative estimate of drug-likeness (QED) is 0.190. The Labute approximate surface area is 217 Å². The van der Waals surface area contributed by atoms with Crippen LogP contribution >= 0.6 is 15.9 Å². The maximum Gasteiger partial charge on any atom is 0.338 e. The Morgan fingerprint density at radius 3 is 2.47 bits per heavy atom. The second-order valence-electron chi connectivity index (χ2n) is 8.12. The third-order valence-corrected chi connectivity index (χ3v) is 6.25. The highest BCUT2D eigenvalue weighted by molar-refractivity contribution is 9.10. The summed E-state index contributed by atoms with van der Waals surface area (Å²) in [5.74, 6) is 0.646. The predicted molar refractivity (Wildman–Crippen MR) is 144 cm³/mol. The van der Waals surface area contributed by atoms with Crippen LogP contribution < -0.4 is 4.90 Å². The molecular formula is C30H22BrNO4. The normalized spacial score (nSPS) is 14.3. The van der Waals surface area contributed by atoms with Gasteiger partial charge in [-0.25, -0.2) is 4.79 Å². The molecule has 5 rings (SSSR count). The van der Waals surface area contributed by atoms with Gasteiger partial charge in [0.05, 0.1) is 23.6 Å². The van der Waals surface area contributed by atoms with Gasteiger partial charge in [-0.3, -0.25) is 9.69 Å². The molecule has 178 valence electrons. The number of halogens is 1. The topological polar surface area (TPSA) is 59.8 Å². The molecule has 0 saturated heterocycles. The van der Waals surface area contributed by atoms with Crippen molar-refractivity contribution in [1.29, 1.82) is 0 Å². The van der Waals surface area contributed by atoms with Crippen molar-refractivity contribution < 1.29 is 18.7 Å². The Bertz CT molecular complexity index is 1480. The van der Waals surface area contributed by atoms with Gasteiger partial charge in [0.25, 0.3) is 5.91 Å². The minimum absolute atomic E-state index is 0.212. The fourth-order valence-electron chi connectivity index (χ4n) is 4.03. The molecule has 0 bridgehead atoms. The van der Waals surface area contributed by atoms with E-state index in [1.165, 1.54) is 0 Å². The van der Waals surface area contributed by atoms with Gasteiger partial charge in [-0.15, -0.1) is 0 Å². The first kappa shape index (κ1) is 23.6. The molecule has 0 atom stereocenters. The molecule has 6 heteroatoms. The molecule has 1 aromatic heterocycles. The van der Waals surface area contributed by atoms with Gasteiger partial charge in [-0.1, -0.05) is 64.5 Å². The summed E-state index contributed by atoms with van der Waals surface area (Å²) in [6.45, 7) is 2.04. The number of ether oxygens (including phenoxy) is 1. The summed E-state index contributed by atoms with van der Waals surface area (Å²) in [5, 5.41) is 0. The van der Waals surface area contributed by atoms with Crippen LogP contribution in [0.25, 0.3) is 23.1 Å². The summed E-state index contributed by atoms with van der Waals surface area (Å²) in [7, 11) is 0. The van der Waals surface area contributed by atoms with Gasteiger partial charge < -0.3 is 9.15 Å². The standard InChI is InChI=1S/C30H22BrNO4/c1-2-35-30(34)22-9-6-10-25(17-22)32-27(20-7-4-3-5-8-20)19-23(29(32)33)18-26-15-16-28(36-26)21-11-13-24(31)14-12-21/h3-19H,2H2,1H3/b23-18+. The van der Waals surface area contributed by atoms with Gasteiger partial charge in [0.2, 0.25) is 0 Å². The first-order valence-corrected chi connectivity index (χ1v) is 12.3. The van der Waals surface area contributed by atoms with Crippen molar-refractivity contribution in [2.75, 3.05) is 11.5 Å². The lowest BCUT2D eigenvalue weighted by atomic mass is 10.1. The molecule has 1 aliphatic rings. The van der Waals surface area contributed by atoms with Gasteiger partial charge in [0, 0.05) is 15.6 Å². The number of hydrogen-bond donors (Lipinski definition) is 0. The molecule has 0 fully saturated rings. The van der Waals surface area contributed by atoms with E-state index in [9.17, 15) is 9.59 Å². The third-order valence-electron chi connectivity index (χ3n) is 5.72. The molecule has 1 amide bonds. The van der Waals surface area contributed by atoms with Crippen molar-refractivity contribution in [3.05, 3.63) is 124 Å². The molecule has 0 spiro atoms. The monoisotopic (exact) mass is 539 g/mol. The molecule has 5 nitrogen and oxygen atoms in total. The molecule has 0 N–H and O–H groups in total. The van der Waals surface area contributed by atoms with Crippen molar-refractivity contribution in [3.63, 3.8) is 0 Å². The van der Waals surface area contributed by atoms with Gasteiger partial charge >= 0.3 is 5.97 Å². The molecule has 2 heterocycles. The summed E-state index contributed by atoms with van der Waals surface area (Å²) >= 11 is 3.44. The third kappa shape index (κ3) is 4.81. The smallest absolute Gasteiger partial charge is 0.338 e. The van der Waals surface area contributed by atoms with E-state index in [-0.39, 0.29) is 12.5 Å². The Hall–Kier alpha value is -4.16. The Morgan fingerprint density at radius 2 is 1.72 bits per heavy atom. The van der Waals surface area contributed by atoms with E-state index in [0.717, 1.165) is 15.6 Å². The maximum atomic E-state index is 13.7. The molecule has 0 unspecified atom stereocenters. The molecular weight excluding hydrogens is 518 g/mol. The molecule has 36 heavy (non-hydrogen) atoms. The molecule has 0 aliphatic carbocycles. The fraction of sp³-hybridized carbons (Fsp3) is 0.0667. The second-order valence-corrected chi connectivity index (χ2v) is 9.03. The number of carbonyl (C=O) groups is 2. The van der Waals surface area contributed by atoms with Crippen LogP contribution in [0.15, 0.2) is 112 Å². The molecule has 0 radical (unpaired) electrons. The minimum Gasteiger partial charge on any atom is -0.462 e. The van der Waals surface area contributed by atoms with Crippen molar-refractivity contribution >= 4 is 45.3 Å². The van der Waals surface area contributed by atoms with Crippen LogP contribution in [-0.4, -0.2) is 18.5 Å². The van der Waals surface area contributed by atoms with Gasteiger partial charge in [0.15, 0.2) is 0 Å². The van der Waals surface area contributed by atoms with Crippen molar-refractivity contribution in [3.8, 4) is 11.3 Å². The maximum absolute atomic E-state index is 13.7. The number of furan rings is 1. The SMILES string of the molecule is CCOC(=O)c1cccc(N2C(=O)/C(=C/c3ccc(-c4ccc(Br)cc4)o3)C=C2c2ccccc2)c1. The van der Waals surface area contributed by atoms with Crippen molar-refractivity contribution in [2.24, 2.45) is 0 Å². The molecule has 3 aromatic carbocycles. The molecule has 0 saturated carbocycles. The van der Waals surface area contributed by atoms with E-state index in [0.29, 0.717) is 34.0 Å². The van der Waals surface area contributed by atoms with E-state index in [4.69, 9.17) is 9.15 Å². The largest absolute Gasteiger partial charge is 0.462 e. The Morgan fingerprint density at radius 1 is 0.944 bits per heavy atom. The number of amides is 1. The number of benzene rings is 3. The zero-order valence-corrected chi connectivity index (χ0v) is 21.1. The number of nitrogens with zero attached hydrogens (tertiary/aromatic N) is 1. The Balaban J connectivity index is 1.53. The van der Waals surface area contributed by atoms with Crippen LogP contribution in [0.2, 0.25) is 0 Å². The highest BCUT2D eigenvalue weighted by Crippen LogP contribution is 2.36. The van der Waals surface area contributed by atoms with Crippen LogP contribution in [0.5, 0.6) is 0 Å².